The molecule has 3 heterocycles. The summed E-state index contributed by atoms with van der Waals surface area (Å²) in [6, 6.07) is 5.88. The molecule has 0 radical (unpaired) electrons. The van der Waals surface area contributed by atoms with Gasteiger partial charge in [0.2, 0.25) is 0 Å². The monoisotopic (exact) mass is 225 g/mol. The number of aromatic nitrogens is 4. The highest BCUT2D eigenvalue weighted by atomic mass is 15.0. The van der Waals surface area contributed by atoms with Gasteiger partial charge < -0.3 is 5.32 Å². The fourth-order valence-corrected chi connectivity index (χ4v) is 1.73. The van der Waals surface area contributed by atoms with E-state index in [1.165, 1.54) is 0 Å². The molecule has 17 heavy (non-hydrogen) atoms. The van der Waals surface area contributed by atoms with Crippen LogP contribution in [0.15, 0.2) is 43.0 Å². The second-order valence-electron chi connectivity index (χ2n) is 3.61. The Kier molecular flexibility index (Phi) is 2.22. The van der Waals surface area contributed by atoms with Gasteiger partial charge in [-0.25, -0.2) is 9.97 Å². The SMILES string of the molecule is CNc1cncc(-c2cnc3ccccn23)n1. The Balaban J connectivity index is 2.20. The molecule has 3 aromatic heterocycles. The third-order valence-electron chi connectivity index (χ3n) is 2.57. The lowest BCUT2D eigenvalue weighted by Crippen LogP contribution is -1.96. The topological polar surface area (TPSA) is 55.1 Å². The zero-order chi connectivity index (χ0) is 11.7. The van der Waals surface area contributed by atoms with Crippen molar-refractivity contribution in [1.82, 2.24) is 19.4 Å². The molecule has 0 aliphatic carbocycles. The van der Waals surface area contributed by atoms with Crippen LogP contribution >= 0.6 is 0 Å². The molecule has 0 amide bonds. The summed E-state index contributed by atoms with van der Waals surface area (Å²) in [5, 5.41) is 2.97. The average molecular weight is 225 g/mol. The van der Waals surface area contributed by atoms with Gasteiger partial charge in [0, 0.05) is 13.2 Å². The van der Waals surface area contributed by atoms with Crippen LogP contribution in [0.5, 0.6) is 0 Å². The second kappa shape index (κ2) is 3.86. The van der Waals surface area contributed by atoms with Gasteiger partial charge in [-0.05, 0) is 12.1 Å². The van der Waals surface area contributed by atoms with Crippen molar-refractivity contribution in [3.05, 3.63) is 43.0 Å². The van der Waals surface area contributed by atoms with Crippen LogP contribution in [0.25, 0.3) is 17.0 Å². The third kappa shape index (κ3) is 1.61. The van der Waals surface area contributed by atoms with Crippen molar-refractivity contribution in [2.45, 2.75) is 0 Å². The van der Waals surface area contributed by atoms with E-state index in [1.807, 2.05) is 35.8 Å². The maximum atomic E-state index is 4.45. The molecule has 0 saturated heterocycles. The number of anilines is 1. The number of nitrogens with one attached hydrogen (secondary N) is 1. The van der Waals surface area contributed by atoms with Crippen LogP contribution in [0.4, 0.5) is 5.82 Å². The number of imidazole rings is 1. The molecular weight excluding hydrogens is 214 g/mol. The summed E-state index contributed by atoms with van der Waals surface area (Å²) in [6.45, 7) is 0. The van der Waals surface area contributed by atoms with Gasteiger partial charge in [0.25, 0.3) is 0 Å². The van der Waals surface area contributed by atoms with Crippen LogP contribution in [0.3, 0.4) is 0 Å². The summed E-state index contributed by atoms with van der Waals surface area (Å²) >= 11 is 0. The molecule has 0 aromatic carbocycles. The van der Waals surface area contributed by atoms with Crippen LogP contribution in [0, 0.1) is 0 Å². The molecule has 1 N–H and O–H groups in total. The molecule has 0 aliphatic rings. The standard InChI is InChI=1S/C12H11N5/c1-13-11-8-14-6-9(16-11)10-7-15-12-4-2-3-5-17(10)12/h2-8H,1H3,(H,13,16). The Hall–Kier alpha value is -2.43. The number of nitrogens with zero attached hydrogens (tertiary/aromatic N) is 4. The van der Waals surface area contributed by atoms with E-state index in [0.29, 0.717) is 0 Å². The number of rotatable bonds is 2. The van der Waals surface area contributed by atoms with Crippen molar-refractivity contribution in [1.29, 1.82) is 0 Å². The fraction of sp³-hybridized carbons (Fsp3) is 0.0833. The van der Waals surface area contributed by atoms with Crippen LogP contribution in [0.1, 0.15) is 0 Å². The first kappa shape index (κ1) is 9.77. The van der Waals surface area contributed by atoms with E-state index in [-0.39, 0.29) is 0 Å². The fourth-order valence-electron chi connectivity index (χ4n) is 1.73. The van der Waals surface area contributed by atoms with Gasteiger partial charge in [0.1, 0.15) is 17.2 Å². The van der Waals surface area contributed by atoms with E-state index in [9.17, 15) is 0 Å². The van der Waals surface area contributed by atoms with E-state index in [0.717, 1.165) is 22.9 Å². The Morgan fingerprint density at radius 2 is 2.12 bits per heavy atom. The first-order valence-corrected chi connectivity index (χ1v) is 5.31. The third-order valence-corrected chi connectivity index (χ3v) is 2.57. The second-order valence-corrected chi connectivity index (χ2v) is 3.61. The maximum absolute atomic E-state index is 4.45. The van der Waals surface area contributed by atoms with Crippen LogP contribution in [-0.4, -0.2) is 26.4 Å². The zero-order valence-corrected chi connectivity index (χ0v) is 9.33. The lowest BCUT2D eigenvalue weighted by atomic mass is 10.3. The van der Waals surface area contributed by atoms with Gasteiger partial charge in [-0.15, -0.1) is 0 Å². The molecular formula is C12H11N5. The van der Waals surface area contributed by atoms with E-state index in [2.05, 4.69) is 20.3 Å². The highest BCUT2D eigenvalue weighted by molar-refractivity contribution is 5.60. The highest BCUT2D eigenvalue weighted by Gasteiger charge is 2.07. The highest BCUT2D eigenvalue weighted by Crippen LogP contribution is 2.18. The van der Waals surface area contributed by atoms with Gasteiger partial charge in [-0.3, -0.25) is 9.38 Å². The molecule has 5 heteroatoms. The largest absolute Gasteiger partial charge is 0.372 e. The maximum Gasteiger partial charge on any atom is 0.145 e. The van der Waals surface area contributed by atoms with Crippen LogP contribution in [-0.2, 0) is 0 Å². The van der Waals surface area contributed by atoms with Crippen molar-refractivity contribution in [2.75, 3.05) is 12.4 Å². The molecule has 84 valence electrons. The van der Waals surface area contributed by atoms with E-state index in [1.54, 1.807) is 18.6 Å². The van der Waals surface area contributed by atoms with Crippen LogP contribution < -0.4 is 5.32 Å². The first-order chi connectivity index (χ1) is 8.38. The smallest absolute Gasteiger partial charge is 0.145 e. The lowest BCUT2D eigenvalue weighted by molar-refractivity contribution is 1.13. The number of fused-ring (bicyclic) bond motifs is 1. The van der Waals surface area contributed by atoms with Crippen LogP contribution in [0.2, 0.25) is 0 Å². The summed E-state index contributed by atoms with van der Waals surface area (Å²) in [7, 11) is 1.82. The van der Waals surface area contributed by atoms with Gasteiger partial charge in [-0.2, -0.15) is 0 Å². The minimum atomic E-state index is 0.744. The van der Waals surface area contributed by atoms with Crippen molar-refractivity contribution in [2.24, 2.45) is 0 Å². The van der Waals surface area contributed by atoms with Gasteiger partial charge in [-0.1, -0.05) is 6.07 Å². The summed E-state index contributed by atoms with van der Waals surface area (Å²) in [6.07, 6.45) is 7.19. The average Bonchev–Trinajstić information content (AvgIpc) is 2.82. The number of hydrogen-bond acceptors (Lipinski definition) is 4. The van der Waals surface area contributed by atoms with Crippen molar-refractivity contribution < 1.29 is 0 Å². The van der Waals surface area contributed by atoms with Gasteiger partial charge in [0.15, 0.2) is 0 Å². The van der Waals surface area contributed by atoms with Crippen molar-refractivity contribution in [3.63, 3.8) is 0 Å². The van der Waals surface area contributed by atoms with E-state index < -0.39 is 0 Å². The Bertz CT molecular complexity index is 659. The molecule has 0 unspecified atom stereocenters. The Morgan fingerprint density at radius 1 is 1.18 bits per heavy atom. The zero-order valence-electron chi connectivity index (χ0n) is 9.33. The number of hydrogen-bond donors (Lipinski definition) is 1. The molecule has 0 aliphatic heterocycles. The summed E-state index contributed by atoms with van der Waals surface area (Å²) in [5.41, 5.74) is 2.64. The molecule has 3 aromatic rings. The van der Waals surface area contributed by atoms with Gasteiger partial charge >= 0.3 is 0 Å². The van der Waals surface area contributed by atoms with Gasteiger partial charge in [0.05, 0.1) is 24.3 Å². The molecule has 0 atom stereocenters. The minimum absolute atomic E-state index is 0.744. The first-order valence-electron chi connectivity index (χ1n) is 5.31. The van der Waals surface area contributed by atoms with Crippen molar-refractivity contribution >= 4 is 11.5 Å². The summed E-state index contributed by atoms with van der Waals surface area (Å²) in [4.78, 5) is 12.9. The lowest BCUT2D eigenvalue weighted by Gasteiger charge is -2.02. The molecule has 5 nitrogen and oxygen atoms in total. The minimum Gasteiger partial charge on any atom is -0.372 e. The Morgan fingerprint density at radius 3 is 3.00 bits per heavy atom. The molecule has 0 spiro atoms. The molecule has 3 rings (SSSR count). The molecule has 0 bridgehead atoms. The number of pyridine rings is 1. The predicted molar refractivity (Wildman–Crippen MR) is 65.8 cm³/mol. The molecule has 0 fully saturated rings. The quantitative estimate of drug-likeness (QED) is 0.723. The Labute approximate surface area is 98.2 Å². The summed E-state index contributed by atoms with van der Waals surface area (Å²) < 4.78 is 1.99. The molecule has 0 saturated carbocycles. The van der Waals surface area contributed by atoms with E-state index >= 15 is 0 Å². The van der Waals surface area contributed by atoms with Crippen molar-refractivity contribution in [3.8, 4) is 11.4 Å². The predicted octanol–water partition coefficient (Wildman–Crippen LogP) is 1.83. The summed E-state index contributed by atoms with van der Waals surface area (Å²) in [5.74, 6) is 0.744. The van der Waals surface area contributed by atoms with E-state index in [4.69, 9.17) is 0 Å². The normalized spacial score (nSPS) is 10.6.